The van der Waals surface area contributed by atoms with Gasteiger partial charge in [0, 0.05) is 67.1 Å². The third-order valence-corrected chi connectivity index (χ3v) is 17.2. The number of nitrogens with two attached hydrogens (primary N) is 1. The quantitative estimate of drug-likeness (QED) is 0.00917. The Hall–Kier alpha value is -10.5. The van der Waals surface area contributed by atoms with Crippen molar-refractivity contribution in [2.75, 3.05) is 52.6 Å². The van der Waals surface area contributed by atoms with Crippen LogP contribution in [-0.4, -0.2) is 207 Å². The van der Waals surface area contributed by atoms with E-state index < -0.39 is 208 Å². The van der Waals surface area contributed by atoms with Crippen LogP contribution >= 0.6 is 0 Å². The van der Waals surface area contributed by atoms with Crippen LogP contribution in [0.5, 0.6) is 0 Å². The molecular formula is C63H72FN13O21. The summed E-state index contributed by atoms with van der Waals surface area (Å²) in [4.78, 5) is 186. The van der Waals surface area contributed by atoms with Gasteiger partial charge in [0.2, 0.25) is 59.1 Å². The van der Waals surface area contributed by atoms with Gasteiger partial charge in [-0.05, 0) is 60.9 Å². The lowest BCUT2D eigenvalue weighted by molar-refractivity contribution is -0.217. The molecule has 34 nitrogen and oxygen atoms in total. The molecule has 6 heterocycles. The Morgan fingerprint density at radius 2 is 1.44 bits per heavy atom. The number of cyclic esters (lactones) is 1. The number of benzene rings is 2. The number of nitrogens with one attached hydrogen (secondary N) is 9. The molecule has 35 heteroatoms. The summed E-state index contributed by atoms with van der Waals surface area (Å²) in [5.74, 6) is -11.5. The Kier molecular flexibility index (Phi) is 22.8. The van der Waals surface area contributed by atoms with Crippen molar-refractivity contribution < 1.29 is 101 Å². The average Bonchev–Trinajstić information content (AvgIpc) is 1.48. The topological polar surface area (TPSA) is 503 Å². The first kappa shape index (κ1) is 71.8. The summed E-state index contributed by atoms with van der Waals surface area (Å²) < 4.78 is 32.9. The SMILES string of the molecule is CC[C@@]1(O)C(=O)OCc2c1cc1n(c2=O)Cc2c-1nc1cc(F)c(C)c3c1c2[C@@H](NC(=O)COCNC(=O)CNC(=O)[C@H](Cc1ccccc1)NC(=O)CNC(=O)CNC(=O)C(CCC(=O)NC[C@@H]1O[C@H](C(N)=O)[C@@H](O)[C@H](O)[C@H]1O)NC(=O)CCNC(=O)CN1C(=O)C=CC1=O)CC3. The molecule has 15 N–H and O–H groups in total. The molecule has 4 aliphatic heterocycles. The lowest BCUT2D eigenvalue weighted by atomic mass is 9.81. The van der Waals surface area contributed by atoms with Gasteiger partial charge in [0.05, 0.1) is 54.7 Å². The molecule has 1 unspecified atom stereocenters. The molecule has 9 rings (SSSR count). The molecule has 0 saturated carbocycles. The van der Waals surface area contributed by atoms with Gasteiger partial charge < -0.3 is 92.8 Å². The van der Waals surface area contributed by atoms with Crippen LogP contribution in [0.25, 0.3) is 22.3 Å². The largest absolute Gasteiger partial charge is 0.458 e. The smallest absolute Gasteiger partial charge is 0.343 e. The van der Waals surface area contributed by atoms with Crippen LogP contribution in [-0.2, 0) is 108 Å². The molecule has 2 aromatic carbocycles. The predicted molar refractivity (Wildman–Crippen MR) is 332 cm³/mol. The molecular weight excluding hydrogens is 1290 g/mol. The number of nitrogens with zero attached hydrogens (tertiary/aromatic N) is 3. The molecule has 2 aromatic heterocycles. The van der Waals surface area contributed by atoms with Gasteiger partial charge in [-0.2, -0.15) is 0 Å². The third kappa shape index (κ3) is 16.3. The zero-order valence-electron chi connectivity index (χ0n) is 52.9. The van der Waals surface area contributed by atoms with E-state index in [0.717, 1.165) is 12.2 Å². The molecule has 5 aliphatic rings. The molecule has 1 saturated heterocycles. The van der Waals surface area contributed by atoms with Crippen LogP contribution in [0.1, 0.15) is 84.0 Å². The standard InChI is InChI=1S/C63H72FN13O21/c1-3-63(95)34-18-40-53-32(24-76(40)61(93)33(34)26-97-62(63)94)52-36(10-9-31-29(2)35(64)19-38(75-53)51(31)52)72-48(84)27-96-28-71-45(81)22-70-60(92)39(17-30-7-5-4-6-8-30)74-46(82)23-68-44(80)21-69-59(91)37(73-43(79)15-16-66-47(83)25-77-49(85)13-14-50(77)86)11-12-42(78)67-20-41-54(87)55(88)56(89)57(98-41)58(65)90/h4-8,13-14,18-19,36-37,39,41,54-57,87-89,95H,3,9-12,15-17,20-28H2,1-2H3,(H2,65,90)(H,66,83)(H,67,78)(H,68,80)(H,69,91)(H,70,92)(H,71,81)(H,72,84)(H,73,79)(H,74,82)/t36-,37?,39-,41-,54-,55+,56-,57-,63-/m0/s1. The second-order valence-corrected chi connectivity index (χ2v) is 23.7. The van der Waals surface area contributed by atoms with Crippen molar-refractivity contribution in [2.45, 2.75) is 126 Å². The van der Waals surface area contributed by atoms with Gasteiger partial charge in [0.1, 0.15) is 68.8 Å². The van der Waals surface area contributed by atoms with Gasteiger partial charge in [-0.15, -0.1) is 0 Å². The lowest BCUT2D eigenvalue weighted by Gasteiger charge is -2.39. The molecule has 522 valence electrons. The third-order valence-electron chi connectivity index (χ3n) is 17.2. The molecule has 4 aromatic rings. The van der Waals surface area contributed by atoms with Crippen molar-refractivity contribution in [3.63, 3.8) is 0 Å². The molecule has 1 fully saturated rings. The number of aryl methyl sites for hydroxylation is 1. The van der Waals surface area contributed by atoms with E-state index in [1.165, 1.54) is 16.7 Å². The van der Waals surface area contributed by atoms with Crippen LogP contribution in [0, 0.1) is 12.7 Å². The summed E-state index contributed by atoms with van der Waals surface area (Å²) >= 11 is 0. The maximum atomic E-state index is 15.5. The van der Waals surface area contributed by atoms with E-state index in [1.807, 2.05) is 0 Å². The predicted octanol–water partition coefficient (Wildman–Crippen LogP) is -6.06. The van der Waals surface area contributed by atoms with Crippen molar-refractivity contribution in [1.82, 2.24) is 62.3 Å². The number of esters is 1. The number of imide groups is 1. The van der Waals surface area contributed by atoms with Crippen LogP contribution in [0.2, 0.25) is 0 Å². The maximum absolute atomic E-state index is 15.5. The fourth-order valence-corrected chi connectivity index (χ4v) is 12.0. The number of carbonyl (C=O) groups excluding carboxylic acids is 13. The molecule has 0 bridgehead atoms. The van der Waals surface area contributed by atoms with Crippen molar-refractivity contribution in [3.8, 4) is 11.4 Å². The fourth-order valence-electron chi connectivity index (χ4n) is 12.0. The van der Waals surface area contributed by atoms with Crippen LogP contribution in [0.4, 0.5) is 4.39 Å². The summed E-state index contributed by atoms with van der Waals surface area (Å²) in [7, 11) is 0. The maximum Gasteiger partial charge on any atom is 0.343 e. The lowest BCUT2D eigenvalue weighted by Crippen LogP contribution is -2.62. The Bertz CT molecular complexity index is 3980. The number of primary amides is 1. The summed E-state index contributed by atoms with van der Waals surface area (Å²) in [5, 5.41) is 64.6. The number of carbonyl (C=O) groups is 13. The molecule has 1 aliphatic carbocycles. The van der Waals surface area contributed by atoms with Gasteiger partial charge in [0.25, 0.3) is 17.4 Å². The zero-order chi connectivity index (χ0) is 70.9. The minimum absolute atomic E-state index is 0.00728. The molecule has 0 radical (unpaired) electrons. The number of aromatic nitrogens is 2. The zero-order valence-corrected chi connectivity index (χ0v) is 52.9. The van der Waals surface area contributed by atoms with Gasteiger partial charge in [0.15, 0.2) is 11.7 Å². The Balaban J connectivity index is 0.745. The van der Waals surface area contributed by atoms with Gasteiger partial charge in [-0.3, -0.25) is 67.2 Å². The van der Waals surface area contributed by atoms with E-state index in [1.54, 1.807) is 44.2 Å². The van der Waals surface area contributed by atoms with Crippen LogP contribution < -0.4 is 59.1 Å². The summed E-state index contributed by atoms with van der Waals surface area (Å²) in [5.41, 5.74) is 6.53. The Morgan fingerprint density at radius 1 is 0.765 bits per heavy atom. The molecule has 9 atom stereocenters. The van der Waals surface area contributed by atoms with E-state index in [4.69, 9.17) is 24.9 Å². The highest BCUT2D eigenvalue weighted by Crippen LogP contribution is 2.46. The summed E-state index contributed by atoms with van der Waals surface area (Å²) in [6.07, 6.45) is -7.69. The summed E-state index contributed by atoms with van der Waals surface area (Å²) in [6.45, 7) is -1.88. The Morgan fingerprint density at radius 3 is 2.13 bits per heavy atom. The number of aliphatic hydroxyl groups excluding tert-OH is 3. The van der Waals surface area contributed by atoms with E-state index in [9.17, 15) is 87.5 Å². The van der Waals surface area contributed by atoms with Crippen molar-refractivity contribution in [3.05, 3.63) is 110 Å². The first-order valence-corrected chi connectivity index (χ1v) is 31.1. The number of fused-ring (bicyclic) bond motifs is 5. The Labute approximate surface area is 555 Å². The number of amides is 12. The molecule has 0 spiro atoms. The van der Waals surface area contributed by atoms with Crippen molar-refractivity contribution >= 4 is 87.8 Å². The number of halogens is 1. The molecule has 98 heavy (non-hydrogen) atoms. The number of hydrogen-bond donors (Lipinski definition) is 14. The van der Waals surface area contributed by atoms with Gasteiger partial charge in [-0.1, -0.05) is 37.3 Å². The first-order chi connectivity index (χ1) is 46.7. The second kappa shape index (κ2) is 31.2. The number of rotatable bonds is 29. The van der Waals surface area contributed by atoms with Crippen LogP contribution in [0.3, 0.4) is 0 Å². The molecule has 12 amide bonds. The van der Waals surface area contributed by atoms with Crippen molar-refractivity contribution in [2.24, 2.45) is 5.73 Å². The van der Waals surface area contributed by atoms with Crippen LogP contribution in [0.15, 0.2) is 59.4 Å². The van der Waals surface area contributed by atoms with Gasteiger partial charge in [-0.25, -0.2) is 14.2 Å². The average molecular weight is 1370 g/mol. The monoisotopic (exact) mass is 1370 g/mol. The van der Waals surface area contributed by atoms with Gasteiger partial charge >= 0.3 is 5.97 Å². The van der Waals surface area contributed by atoms with E-state index in [2.05, 4.69) is 47.9 Å². The number of pyridine rings is 2. The highest BCUT2D eigenvalue weighted by atomic mass is 19.1. The number of hydrogen-bond acceptors (Lipinski definition) is 22. The highest BCUT2D eigenvalue weighted by molar-refractivity contribution is 6.14. The second-order valence-electron chi connectivity index (χ2n) is 23.7. The number of ether oxygens (including phenoxy) is 3. The number of aliphatic hydroxyl groups is 4. The van der Waals surface area contributed by atoms with Crippen molar-refractivity contribution in [1.29, 1.82) is 0 Å². The first-order valence-electron chi connectivity index (χ1n) is 31.1. The highest BCUT2D eigenvalue weighted by Gasteiger charge is 2.48. The van der Waals surface area contributed by atoms with E-state index in [0.29, 0.717) is 62.3 Å². The minimum Gasteiger partial charge on any atom is -0.458 e. The normalized spacial score (nSPS) is 20.9. The fraction of sp³-hybridized carbons (Fsp3) is 0.444. The summed E-state index contributed by atoms with van der Waals surface area (Å²) in [6, 6.07) is 7.65. The minimum atomic E-state index is -2.09. The van der Waals surface area contributed by atoms with E-state index >= 15 is 4.39 Å². The van der Waals surface area contributed by atoms with E-state index in [-0.39, 0.29) is 49.2 Å².